The second-order valence-corrected chi connectivity index (χ2v) is 7.12. The van der Waals surface area contributed by atoms with Gasteiger partial charge in [0.15, 0.2) is 0 Å². The van der Waals surface area contributed by atoms with E-state index in [1.807, 2.05) is 17.9 Å². The van der Waals surface area contributed by atoms with Gasteiger partial charge >= 0.3 is 0 Å². The lowest BCUT2D eigenvalue weighted by atomic mass is 9.96. The maximum atomic E-state index is 13.3. The molecule has 1 fully saturated rings. The van der Waals surface area contributed by atoms with Crippen LogP contribution in [0.15, 0.2) is 42.9 Å². The fourth-order valence-corrected chi connectivity index (χ4v) is 3.72. The molecule has 0 bridgehead atoms. The van der Waals surface area contributed by atoms with Crippen molar-refractivity contribution in [3.8, 4) is 0 Å². The van der Waals surface area contributed by atoms with Crippen molar-refractivity contribution in [1.29, 1.82) is 0 Å². The topological polar surface area (TPSA) is 49.3 Å². The molecule has 0 spiro atoms. The third-order valence-electron chi connectivity index (χ3n) is 5.14. The second kappa shape index (κ2) is 9.55. The highest BCUT2D eigenvalue weighted by molar-refractivity contribution is 5.91. The van der Waals surface area contributed by atoms with Gasteiger partial charge in [-0.1, -0.05) is 12.1 Å². The van der Waals surface area contributed by atoms with Gasteiger partial charge in [0.2, 0.25) is 0 Å². The zero-order valence-electron chi connectivity index (χ0n) is 15.9. The van der Waals surface area contributed by atoms with Gasteiger partial charge in [-0.2, -0.15) is 0 Å². The molecular formula is C21H27FN4O. The number of hydrogen-bond donors (Lipinski definition) is 0. The van der Waals surface area contributed by atoms with Crippen LogP contribution in [0.25, 0.3) is 0 Å². The lowest BCUT2D eigenvalue weighted by Gasteiger charge is -2.35. The van der Waals surface area contributed by atoms with Gasteiger partial charge in [0.1, 0.15) is 11.5 Å². The summed E-state index contributed by atoms with van der Waals surface area (Å²) < 4.78 is 13.3. The molecule has 1 aromatic heterocycles. The van der Waals surface area contributed by atoms with Crippen molar-refractivity contribution in [2.75, 3.05) is 32.7 Å². The van der Waals surface area contributed by atoms with Crippen LogP contribution >= 0.6 is 0 Å². The quantitative estimate of drug-likeness (QED) is 0.752. The third kappa shape index (κ3) is 5.57. The molecule has 1 aliphatic heterocycles. The van der Waals surface area contributed by atoms with E-state index in [1.54, 1.807) is 24.5 Å². The number of piperidine rings is 1. The van der Waals surface area contributed by atoms with Gasteiger partial charge < -0.3 is 9.80 Å². The van der Waals surface area contributed by atoms with Crippen LogP contribution < -0.4 is 0 Å². The number of halogens is 1. The molecule has 1 saturated heterocycles. The normalized spacial score (nSPS) is 17.6. The second-order valence-electron chi connectivity index (χ2n) is 7.12. The van der Waals surface area contributed by atoms with E-state index >= 15 is 0 Å². The summed E-state index contributed by atoms with van der Waals surface area (Å²) in [6.07, 6.45) is 7.75. The molecule has 1 atom stereocenters. The summed E-state index contributed by atoms with van der Waals surface area (Å²) >= 11 is 0. The highest BCUT2D eigenvalue weighted by Gasteiger charge is 2.24. The van der Waals surface area contributed by atoms with Gasteiger partial charge in [-0.3, -0.25) is 9.78 Å². The Labute approximate surface area is 160 Å². The fourth-order valence-electron chi connectivity index (χ4n) is 3.72. The Kier molecular flexibility index (Phi) is 6.87. The molecule has 27 heavy (non-hydrogen) atoms. The number of nitrogens with zero attached hydrogens (tertiary/aromatic N) is 4. The van der Waals surface area contributed by atoms with Crippen LogP contribution in [0.5, 0.6) is 0 Å². The number of benzene rings is 1. The average molecular weight is 370 g/mol. The largest absolute Gasteiger partial charge is 0.337 e. The highest BCUT2D eigenvalue weighted by Crippen LogP contribution is 2.19. The number of hydrogen-bond acceptors (Lipinski definition) is 4. The van der Waals surface area contributed by atoms with E-state index in [4.69, 9.17) is 0 Å². The van der Waals surface area contributed by atoms with Crippen molar-refractivity contribution < 1.29 is 9.18 Å². The van der Waals surface area contributed by atoms with Crippen LogP contribution in [0.4, 0.5) is 4.39 Å². The van der Waals surface area contributed by atoms with Crippen molar-refractivity contribution in [1.82, 2.24) is 19.8 Å². The first-order valence-corrected chi connectivity index (χ1v) is 9.67. The Morgan fingerprint density at radius 1 is 1.37 bits per heavy atom. The number of amides is 1. The van der Waals surface area contributed by atoms with Crippen LogP contribution in [0.2, 0.25) is 0 Å². The number of rotatable bonds is 7. The Morgan fingerprint density at radius 2 is 2.26 bits per heavy atom. The van der Waals surface area contributed by atoms with E-state index in [9.17, 15) is 9.18 Å². The molecule has 1 amide bonds. The zero-order valence-corrected chi connectivity index (χ0v) is 15.9. The summed E-state index contributed by atoms with van der Waals surface area (Å²) in [5.74, 6) is 0.222. The van der Waals surface area contributed by atoms with Crippen LogP contribution in [0.1, 0.15) is 35.8 Å². The van der Waals surface area contributed by atoms with E-state index in [0.717, 1.165) is 51.0 Å². The first kappa shape index (κ1) is 19.4. The SMILES string of the molecule is CCN(C[C@@H]1CCCN(CCc2cccc(F)c2)C1)C(=O)c1cnccn1. The Balaban J connectivity index is 1.53. The molecule has 1 aliphatic rings. The third-order valence-corrected chi connectivity index (χ3v) is 5.14. The summed E-state index contributed by atoms with van der Waals surface area (Å²) in [6, 6.07) is 6.83. The van der Waals surface area contributed by atoms with Gasteiger partial charge in [-0.25, -0.2) is 9.37 Å². The molecule has 3 rings (SSSR count). The smallest absolute Gasteiger partial charge is 0.274 e. The average Bonchev–Trinajstić information content (AvgIpc) is 2.71. The fraction of sp³-hybridized carbons (Fsp3) is 0.476. The van der Waals surface area contributed by atoms with Gasteiger partial charge in [-0.05, 0) is 56.3 Å². The van der Waals surface area contributed by atoms with Crippen molar-refractivity contribution in [3.05, 3.63) is 59.9 Å². The highest BCUT2D eigenvalue weighted by atomic mass is 19.1. The molecule has 5 nitrogen and oxygen atoms in total. The molecule has 0 radical (unpaired) electrons. The molecule has 0 unspecified atom stereocenters. The van der Waals surface area contributed by atoms with E-state index in [2.05, 4.69) is 14.9 Å². The first-order chi connectivity index (χ1) is 13.2. The number of aromatic nitrogens is 2. The van der Waals surface area contributed by atoms with Gasteiger partial charge in [0, 0.05) is 38.6 Å². The van der Waals surface area contributed by atoms with E-state index < -0.39 is 0 Å². The van der Waals surface area contributed by atoms with Crippen molar-refractivity contribution >= 4 is 5.91 Å². The predicted octanol–water partition coefficient (Wildman–Crippen LogP) is 3.03. The molecule has 0 saturated carbocycles. The van der Waals surface area contributed by atoms with Crippen LogP contribution in [-0.2, 0) is 6.42 Å². The maximum Gasteiger partial charge on any atom is 0.274 e. The van der Waals surface area contributed by atoms with E-state index in [0.29, 0.717) is 18.2 Å². The lowest BCUT2D eigenvalue weighted by Crippen LogP contribution is -2.43. The molecule has 144 valence electrons. The monoisotopic (exact) mass is 370 g/mol. The summed E-state index contributed by atoms with van der Waals surface area (Å²) in [5.41, 5.74) is 1.43. The number of carbonyl (C=O) groups is 1. The van der Waals surface area contributed by atoms with E-state index in [-0.39, 0.29) is 11.7 Å². The Morgan fingerprint density at radius 3 is 3.00 bits per heavy atom. The number of likely N-dealkylation sites (tertiary alicyclic amines) is 1. The van der Waals surface area contributed by atoms with Crippen molar-refractivity contribution in [2.24, 2.45) is 5.92 Å². The molecule has 6 heteroatoms. The Bertz CT molecular complexity index is 740. The summed E-state index contributed by atoms with van der Waals surface area (Å²) in [4.78, 5) is 25.1. The maximum absolute atomic E-state index is 13.3. The zero-order chi connectivity index (χ0) is 19.1. The van der Waals surface area contributed by atoms with Gasteiger partial charge in [-0.15, -0.1) is 0 Å². The summed E-state index contributed by atoms with van der Waals surface area (Å²) in [5, 5.41) is 0. The standard InChI is InChI=1S/C21H27FN4O/c1-2-26(21(27)20-14-23-9-10-24-20)16-18-6-4-11-25(15-18)12-8-17-5-3-7-19(22)13-17/h3,5,7,9-10,13-14,18H,2,4,6,8,11-12,15-16H2,1H3/t18-/m1/s1. The molecule has 2 heterocycles. The summed E-state index contributed by atoms with van der Waals surface area (Å²) in [7, 11) is 0. The van der Waals surface area contributed by atoms with E-state index in [1.165, 1.54) is 12.3 Å². The lowest BCUT2D eigenvalue weighted by molar-refractivity contribution is 0.0684. The first-order valence-electron chi connectivity index (χ1n) is 9.67. The minimum Gasteiger partial charge on any atom is -0.337 e. The minimum atomic E-state index is -0.176. The van der Waals surface area contributed by atoms with Crippen LogP contribution in [0.3, 0.4) is 0 Å². The summed E-state index contributed by atoms with van der Waals surface area (Å²) in [6.45, 7) is 6.36. The molecule has 0 N–H and O–H groups in total. The molecular weight excluding hydrogens is 343 g/mol. The van der Waals surface area contributed by atoms with Crippen LogP contribution in [-0.4, -0.2) is 58.4 Å². The van der Waals surface area contributed by atoms with Crippen LogP contribution in [0, 0.1) is 11.7 Å². The molecule has 1 aromatic carbocycles. The van der Waals surface area contributed by atoms with Gasteiger partial charge in [0.05, 0.1) is 6.20 Å². The molecule has 0 aliphatic carbocycles. The Hall–Kier alpha value is -2.34. The molecule has 2 aromatic rings. The predicted molar refractivity (Wildman–Crippen MR) is 103 cm³/mol. The van der Waals surface area contributed by atoms with Gasteiger partial charge in [0.25, 0.3) is 5.91 Å². The minimum absolute atomic E-state index is 0.0533. The van der Waals surface area contributed by atoms with Crippen molar-refractivity contribution in [2.45, 2.75) is 26.2 Å². The number of carbonyl (C=O) groups excluding carboxylic acids is 1. The van der Waals surface area contributed by atoms with Crippen molar-refractivity contribution in [3.63, 3.8) is 0 Å².